The molecule has 17 heavy (non-hydrogen) atoms. The van der Waals surface area contributed by atoms with Gasteiger partial charge in [-0.3, -0.25) is 0 Å². The maximum absolute atomic E-state index is 12.1. The first-order valence-electron chi connectivity index (χ1n) is 5.01. The highest BCUT2D eigenvalue weighted by Gasteiger charge is 2.17. The van der Waals surface area contributed by atoms with Crippen molar-refractivity contribution in [2.45, 2.75) is 19.5 Å². The summed E-state index contributed by atoms with van der Waals surface area (Å²) in [6.07, 6.45) is -3.00. The second-order valence-corrected chi connectivity index (χ2v) is 4.06. The van der Waals surface area contributed by atoms with Crippen LogP contribution in [-0.2, 0) is 0 Å². The molecule has 0 amide bonds. The molecule has 96 valence electrons. The number of alkyl halides is 2. The topological polar surface area (TPSA) is 70.1 Å². The number of nitrogens with one attached hydrogen (secondary N) is 2. The Kier molecular flexibility index (Phi) is 5.49. The van der Waals surface area contributed by atoms with Gasteiger partial charge in [0.05, 0.1) is 4.47 Å². The average Bonchev–Trinajstić information content (AvgIpc) is 2.29. The SMILES string of the molecule is CCNc1ncc(Br)c(NCC(O)C(F)F)n1. The number of aliphatic hydroxyl groups is 1. The zero-order valence-corrected chi connectivity index (χ0v) is 10.7. The van der Waals surface area contributed by atoms with E-state index in [-0.39, 0.29) is 6.54 Å². The standard InChI is InChI=1S/C9H13BrF2N4O/c1-2-13-9-15-3-5(10)8(16-9)14-4-6(17)7(11)12/h3,6-7,17H,2,4H2,1H3,(H2,13,14,15,16). The Labute approximate surface area is 106 Å². The molecule has 0 radical (unpaired) electrons. The number of hydrogen-bond donors (Lipinski definition) is 3. The van der Waals surface area contributed by atoms with Crippen LogP contribution in [0.3, 0.4) is 0 Å². The van der Waals surface area contributed by atoms with Crippen molar-refractivity contribution in [3.63, 3.8) is 0 Å². The minimum Gasteiger partial charge on any atom is -0.385 e. The molecule has 0 aliphatic carbocycles. The molecule has 1 aromatic rings. The van der Waals surface area contributed by atoms with Gasteiger partial charge >= 0.3 is 0 Å². The first kappa shape index (κ1) is 14.0. The van der Waals surface area contributed by atoms with Crippen LogP contribution in [0.4, 0.5) is 20.5 Å². The highest BCUT2D eigenvalue weighted by molar-refractivity contribution is 9.10. The van der Waals surface area contributed by atoms with E-state index in [9.17, 15) is 8.78 Å². The van der Waals surface area contributed by atoms with Gasteiger partial charge < -0.3 is 15.7 Å². The number of aromatic nitrogens is 2. The van der Waals surface area contributed by atoms with Crippen molar-refractivity contribution >= 4 is 27.7 Å². The van der Waals surface area contributed by atoms with E-state index in [1.807, 2.05) is 6.92 Å². The van der Waals surface area contributed by atoms with Crippen LogP contribution in [0.1, 0.15) is 6.92 Å². The molecule has 0 bridgehead atoms. The molecule has 0 aliphatic heterocycles. The quantitative estimate of drug-likeness (QED) is 0.746. The van der Waals surface area contributed by atoms with E-state index >= 15 is 0 Å². The summed E-state index contributed by atoms with van der Waals surface area (Å²) in [5, 5.41) is 14.5. The summed E-state index contributed by atoms with van der Waals surface area (Å²) < 4.78 is 24.7. The lowest BCUT2D eigenvalue weighted by atomic mass is 10.3. The van der Waals surface area contributed by atoms with E-state index in [4.69, 9.17) is 5.11 Å². The molecule has 0 aliphatic rings. The molecule has 0 spiro atoms. The minimum absolute atomic E-state index is 0.279. The van der Waals surface area contributed by atoms with E-state index in [2.05, 4.69) is 36.5 Å². The van der Waals surface area contributed by atoms with E-state index in [1.165, 1.54) is 6.20 Å². The molecule has 1 heterocycles. The number of nitrogens with zero attached hydrogens (tertiary/aromatic N) is 2. The molecule has 3 N–H and O–H groups in total. The van der Waals surface area contributed by atoms with Crippen LogP contribution in [-0.4, -0.2) is 40.7 Å². The van der Waals surface area contributed by atoms with Gasteiger partial charge in [0, 0.05) is 19.3 Å². The average molecular weight is 311 g/mol. The third-order valence-corrected chi connectivity index (χ3v) is 2.43. The highest BCUT2D eigenvalue weighted by atomic mass is 79.9. The first-order chi connectivity index (χ1) is 8.04. The summed E-state index contributed by atoms with van der Waals surface area (Å²) in [5.74, 6) is 0.750. The molecule has 1 aromatic heterocycles. The summed E-state index contributed by atoms with van der Waals surface area (Å²) in [6, 6.07) is 0. The van der Waals surface area contributed by atoms with Crippen molar-refractivity contribution in [3.8, 4) is 0 Å². The summed E-state index contributed by atoms with van der Waals surface area (Å²) in [5.41, 5.74) is 0. The second kappa shape index (κ2) is 6.65. The molecule has 1 atom stereocenters. The van der Waals surface area contributed by atoms with E-state index in [0.717, 1.165) is 0 Å². The Morgan fingerprint density at radius 1 is 1.47 bits per heavy atom. The van der Waals surface area contributed by atoms with Crippen LogP contribution < -0.4 is 10.6 Å². The molecule has 0 saturated carbocycles. The lowest BCUT2D eigenvalue weighted by Crippen LogP contribution is -2.27. The van der Waals surface area contributed by atoms with Crippen molar-refractivity contribution in [2.75, 3.05) is 23.7 Å². The largest absolute Gasteiger partial charge is 0.385 e. The van der Waals surface area contributed by atoms with Gasteiger partial charge in [-0.2, -0.15) is 4.98 Å². The fraction of sp³-hybridized carbons (Fsp3) is 0.556. The maximum atomic E-state index is 12.1. The monoisotopic (exact) mass is 310 g/mol. The smallest absolute Gasteiger partial charge is 0.265 e. The van der Waals surface area contributed by atoms with Crippen LogP contribution in [0.2, 0.25) is 0 Å². The van der Waals surface area contributed by atoms with Crippen molar-refractivity contribution in [1.82, 2.24) is 9.97 Å². The predicted octanol–water partition coefficient (Wildman–Crippen LogP) is 1.71. The van der Waals surface area contributed by atoms with Crippen LogP contribution in [0.5, 0.6) is 0 Å². The van der Waals surface area contributed by atoms with Crippen molar-refractivity contribution in [3.05, 3.63) is 10.7 Å². The zero-order chi connectivity index (χ0) is 12.8. The van der Waals surface area contributed by atoms with Gasteiger partial charge in [0.15, 0.2) is 0 Å². The minimum atomic E-state index is -2.78. The third kappa shape index (κ3) is 4.39. The molecule has 0 saturated heterocycles. The number of hydrogen-bond acceptors (Lipinski definition) is 5. The molecule has 0 aromatic carbocycles. The Balaban J connectivity index is 2.66. The van der Waals surface area contributed by atoms with Gasteiger partial charge in [-0.25, -0.2) is 13.8 Å². The van der Waals surface area contributed by atoms with Crippen LogP contribution >= 0.6 is 15.9 Å². The molecule has 1 rings (SSSR count). The number of rotatable bonds is 6. The Morgan fingerprint density at radius 3 is 2.76 bits per heavy atom. The Bertz CT molecular complexity index is 367. The molecular weight excluding hydrogens is 298 g/mol. The van der Waals surface area contributed by atoms with E-state index in [0.29, 0.717) is 22.8 Å². The molecular formula is C9H13BrF2N4O. The number of anilines is 2. The van der Waals surface area contributed by atoms with Crippen molar-refractivity contribution < 1.29 is 13.9 Å². The van der Waals surface area contributed by atoms with Gasteiger partial charge in [-0.1, -0.05) is 0 Å². The Hall–Kier alpha value is -1.02. The van der Waals surface area contributed by atoms with E-state index in [1.54, 1.807) is 0 Å². The van der Waals surface area contributed by atoms with Crippen LogP contribution in [0.25, 0.3) is 0 Å². The van der Waals surface area contributed by atoms with Gasteiger partial charge in [0.2, 0.25) is 5.95 Å². The fourth-order valence-electron chi connectivity index (χ4n) is 1.02. The molecule has 5 nitrogen and oxygen atoms in total. The second-order valence-electron chi connectivity index (χ2n) is 3.20. The van der Waals surface area contributed by atoms with Gasteiger partial charge in [0.25, 0.3) is 6.43 Å². The van der Waals surface area contributed by atoms with Crippen molar-refractivity contribution in [1.29, 1.82) is 0 Å². The van der Waals surface area contributed by atoms with E-state index < -0.39 is 12.5 Å². The number of halogens is 3. The summed E-state index contributed by atoms with van der Waals surface area (Å²) in [4.78, 5) is 8.03. The van der Waals surface area contributed by atoms with Crippen molar-refractivity contribution in [2.24, 2.45) is 0 Å². The van der Waals surface area contributed by atoms with Gasteiger partial charge in [-0.05, 0) is 22.9 Å². The molecule has 0 fully saturated rings. The zero-order valence-electron chi connectivity index (χ0n) is 9.12. The maximum Gasteiger partial charge on any atom is 0.265 e. The fourth-order valence-corrected chi connectivity index (χ4v) is 1.36. The first-order valence-corrected chi connectivity index (χ1v) is 5.80. The lowest BCUT2D eigenvalue weighted by Gasteiger charge is -2.12. The van der Waals surface area contributed by atoms with Crippen LogP contribution in [0.15, 0.2) is 10.7 Å². The molecule has 8 heteroatoms. The molecule has 1 unspecified atom stereocenters. The number of aliphatic hydroxyl groups excluding tert-OH is 1. The normalized spacial score (nSPS) is 12.6. The summed E-state index contributed by atoms with van der Waals surface area (Å²) in [6.45, 7) is 2.26. The summed E-state index contributed by atoms with van der Waals surface area (Å²) >= 11 is 3.18. The lowest BCUT2D eigenvalue weighted by molar-refractivity contribution is 0.00380. The van der Waals surface area contributed by atoms with Gasteiger partial charge in [0.1, 0.15) is 11.9 Å². The predicted molar refractivity (Wildman–Crippen MR) is 64.4 cm³/mol. The van der Waals surface area contributed by atoms with Crippen LogP contribution in [0, 0.1) is 0 Å². The van der Waals surface area contributed by atoms with Gasteiger partial charge in [-0.15, -0.1) is 0 Å². The summed E-state index contributed by atoms with van der Waals surface area (Å²) in [7, 11) is 0. The highest BCUT2D eigenvalue weighted by Crippen LogP contribution is 2.20. The Morgan fingerprint density at radius 2 is 2.18 bits per heavy atom. The third-order valence-electron chi connectivity index (χ3n) is 1.85.